The van der Waals surface area contributed by atoms with E-state index < -0.39 is 0 Å². The van der Waals surface area contributed by atoms with Gasteiger partial charge in [0.1, 0.15) is 12.4 Å². The average molecular weight is 392 g/mol. The van der Waals surface area contributed by atoms with Crippen LogP contribution < -0.4 is 20.9 Å². The Labute approximate surface area is 169 Å². The fourth-order valence-electron chi connectivity index (χ4n) is 3.52. The molecule has 3 aromatic rings. The Morgan fingerprint density at radius 2 is 2.00 bits per heavy atom. The van der Waals surface area contributed by atoms with Gasteiger partial charge in [0.15, 0.2) is 11.5 Å². The van der Waals surface area contributed by atoms with Crippen LogP contribution in [0.2, 0.25) is 0 Å². The van der Waals surface area contributed by atoms with E-state index in [0.29, 0.717) is 37.0 Å². The Hall–Kier alpha value is -3.32. The molecule has 0 saturated carbocycles. The summed E-state index contributed by atoms with van der Waals surface area (Å²) in [6.45, 7) is 1.90. The molecule has 0 bridgehead atoms. The maximum absolute atomic E-state index is 6.09. The van der Waals surface area contributed by atoms with E-state index >= 15 is 0 Å². The highest BCUT2D eigenvalue weighted by Gasteiger charge is 2.15. The second-order valence-corrected chi connectivity index (χ2v) is 6.95. The van der Waals surface area contributed by atoms with Crippen molar-refractivity contribution in [2.75, 3.05) is 25.2 Å². The van der Waals surface area contributed by atoms with E-state index in [2.05, 4.69) is 22.1 Å². The molecule has 2 aromatic carbocycles. The lowest BCUT2D eigenvalue weighted by Gasteiger charge is -2.20. The van der Waals surface area contributed by atoms with Gasteiger partial charge in [-0.3, -0.25) is 0 Å². The number of hydrogen-bond acceptors (Lipinski definition) is 7. The molecule has 0 saturated heterocycles. The quantitative estimate of drug-likeness (QED) is 0.664. The summed E-state index contributed by atoms with van der Waals surface area (Å²) >= 11 is 0. The van der Waals surface area contributed by atoms with Gasteiger partial charge in [0.25, 0.3) is 0 Å². The van der Waals surface area contributed by atoms with E-state index in [-0.39, 0.29) is 5.95 Å². The van der Waals surface area contributed by atoms with Crippen LogP contribution >= 0.6 is 0 Å². The third kappa shape index (κ3) is 4.25. The third-order valence-electron chi connectivity index (χ3n) is 5.05. The smallest absolute Gasteiger partial charge is 0.221 e. The van der Waals surface area contributed by atoms with E-state index in [1.807, 2.05) is 24.3 Å². The molecule has 7 nitrogen and oxygen atoms in total. The van der Waals surface area contributed by atoms with Crippen LogP contribution in [0, 0.1) is 0 Å². The van der Waals surface area contributed by atoms with Crippen LogP contribution in [0.3, 0.4) is 0 Å². The van der Waals surface area contributed by atoms with Crippen LogP contribution in [0.15, 0.2) is 42.6 Å². The zero-order valence-corrected chi connectivity index (χ0v) is 16.4. The van der Waals surface area contributed by atoms with Crippen LogP contribution in [0.1, 0.15) is 27.8 Å². The van der Waals surface area contributed by atoms with Crippen LogP contribution in [0.4, 0.5) is 11.8 Å². The molecule has 2 heterocycles. The molecule has 0 aliphatic carbocycles. The van der Waals surface area contributed by atoms with Crippen LogP contribution in [0.5, 0.6) is 11.5 Å². The number of ether oxygens (including phenoxy) is 3. The monoisotopic (exact) mass is 392 g/mol. The second kappa shape index (κ2) is 8.36. The summed E-state index contributed by atoms with van der Waals surface area (Å²) < 4.78 is 17.2. The van der Waals surface area contributed by atoms with Crippen molar-refractivity contribution in [2.24, 2.45) is 0 Å². The summed E-state index contributed by atoms with van der Waals surface area (Å²) in [5.41, 5.74) is 17.1. The van der Waals surface area contributed by atoms with Crippen molar-refractivity contribution in [3.05, 3.63) is 70.4 Å². The minimum atomic E-state index is 0.169. The molecule has 7 heteroatoms. The minimum Gasteiger partial charge on any atom is -0.493 e. The second-order valence-electron chi connectivity index (χ2n) is 6.95. The molecular formula is C22H24N4O3. The summed E-state index contributed by atoms with van der Waals surface area (Å²) in [6, 6.07) is 12.1. The Morgan fingerprint density at radius 3 is 2.83 bits per heavy atom. The highest BCUT2D eigenvalue weighted by molar-refractivity contribution is 5.48. The number of nitrogens with two attached hydrogens (primary N) is 2. The number of nitrogen functional groups attached to an aromatic ring is 2. The Kier molecular flexibility index (Phi) is 5.48. The first-order chi connectivity index (χ1) is 14.1. The van der Waals surface area contributed by atoms with Gasteiger partial charge in [-0.1, -0.05) is 24.3 Å². The van der Waals surface area contributed by atoms with Crippen LogP contribution in [-0.2, 0) is 30.8 Å². The van der Waals surface area contributed by atoms with Crippen molar-refractivity contribution in [2.45, 2.75) is 26.1 Å². The fourth-order valence-corrected chi connectivity index (χ4v) is 3.52. The van der Waals surface area contributed by atoms with E-state index in [4.69, 9.17) is 25.7 Å². The molecule has 0 radical (unpaired) electrons. The van der Waals surface area contributed by atoms with Crippen molar-refractivity contribution >= 4 is 11.8 Å². The molecule has 150 valence electrons. The number of anilines is 2. The molecule has 0 spiro atoms. The number of aromatic nitrogens is 2. The largest absolute Gasteiger partial charge is 0.493 e. The van der Waals surface area contributed by atoms with Gasteiger partial charge in [-0.15, -0.1) is 0 Å². The van der Waals surface area contributed by atoms with Crippen molar-refractivity contribution in [1.29, 1.82) is 0 Å². The van der Waals surface area contributed by atoms with Crippen molar-refractivity contribution in [3.8, 4) is 11.5 Å². The van der Waals surface area contributed by atoms with E-state index in [9.17, 15) is 0 Å². The molecule has 29 heavy (non-hydrogen) atoms. The molecule has 1 aliphatic rings. The average Bonchev–Trinajstić information content (AvgIpc) is 2.74. The summed E-state index contributed by atoms with van der Waals surface area (Å²) in [6.07, 6.45) is 3.14. The van der Waals surface area contributed by atoms with E-state index in [1.54, 1.807) is 13.3 Å². The molecule has 4 N–H and O–H groups in total. The lowest BCUT2D eigenvalue weighted by molar-refractivity contribution is 0.110. The topological polar surface area (TPSA) is 106 Å². The third-order valence-corrected chi connectivity index (χ3v) is 5.05. The fraction of sp³-hybridized carbons (Fsp3) is 0.273. The van der Waals surface area contributed by atoms with Gasteiger partial charge in [-0.05, 0) is 40.8 Å². The Bertz CT molecular complexity index is 1020. The summed E-state index contributed by atoms with van der Waals surface area (Å²) in [5, 5.41) is 0. The highest BCUT2D eigenvalue weighted by Crippen LogP contribution is 2.31. The predicted octanol–water partition coefficient (Wildman–Crippen LogP) is 2.89. The van der Waals surface area contributed by atoms with Gasteiger partial charge in [-0.2, -0.15) is 4.98 Å². The Balaban J connectivity index is 1.50. The normalized spacial score (nSPS) is 13.0. The number of fused-ring (bicyclic) bond motifs is 1. The maximum atomic E-state index is 6.09. The standard InChI is InChI=1S/C22H24N4O3/c1-27-20-10-14(9-17-11-25-22(24)26-21(17)23)5-6-19(20)29-13-16-4-2-3-15-12-28-8-7-18(15)16/h2-6,10-11H,7-9,12-13H2,1H3,(H4,23,24,25,26). The van der Waals surface area contributed by atoms with E-state index in [1.165, 1.54) is 16.7 Å². The van der Waals surface area contributed by atoms with Gasteiger partial charge >= 0.3 is 0 Å². The lowest BCUT2D eigenvalue weighted by atomic mass is 9.98. The highest BCUT2D eigenvalue weighted by atomic mass is 16.5. The zero-order valence-electron chi connectivity index (χ0n) is 16.4. The van der Waals surface area contributed by atoms with Crippen LogP contribution in [0.25, 0.3) is 0 Å². The Morgan fingerprint density at radius 1 is 1.10 bits per heavy atom. The van der Waals surface area contributed by atoms with Crippen molar-refractivity contribution in [3.63, 3.8) is 0 Å². The minimum absolute atomic E-state index is 0.169. The first-order valence-electron chi connectivity index (χ1n) is 9.48. The zero-order chi connectivity index (χ0) is 20.2. The molecule has 4 rings (SSSR count). The van der Waals surface area contributed by atoms with Gasteiger partial charge in [0.2, 0.25) is 5.95 Å². The summed E-state index contributed by atoms with van der Waals surface area (Å²) in [4.78, 5) is 8.02. The first kappa shape index (κ1) is 19.0. The van der Waals surface area contributed by atoms with Gasteiger partial charge < -0.3 is 25.7 Å². The molecule has 0 unspecified atom stereocenters. The number of benzene rings is 2. The predicted molar refractivity (Wildman–Crippen MR) is 111 cm³/mol. The molecule has 1 aromatic heterocycles. The maximum Gasteiger partial charge on any atom is 0.221 e. The summed E-state index contributed by atoms with van der Waals surface area (Å²) in [5.74, 6) is 1.92. The molecule has 1 aliphatic heterocycles. The van der Waals surface area contributed by atoms with Crippen molar-refractivity contribution < 1.29 is 14.2 Å². The van der Waals surface area contributed by atoms with Gasteiger partial charge in [0.05, 0.1) is 20.3 Å². The lowest BCUT2D eigenvalue weighted by Crippen LogP contribution is -2.13. The number of rotatable bonds is 6. The van der Waals surface area contributed by atoms with Gasteiger partial charge in [-0.25, -0.2) is 4.98 Å². The molecule has 0 amide bonds. The number of nitrogens with zero attached hydrogens (tertiary/aromatic N) is 2. The van der Waals surface area contributed by atoms with Gasteiger partial charge in [0, 0.05) is 18.2 Å². The van der Waals surface area contributed by atoms with E-state index in [0.717, 1.165) is 24.2 Å². The molecule has 0 fully saturated rings. The number of hydrogen-bond donors (Lipinski definition) is 2. The first-order valence-corrected chi connectivity index (χ1v) is 9.48. The summed E-state index contributed by atoms with van der Waals surface area (Å²) in [7, 11) is 1.63. The van der Waals surface area contributed by atoms with Crippen molar-refractivity contribution in [1.82, 2.24) is 9.97 Å². The number of methoxy groups -OCH3 is 1. The molecular weight excluding hydrogens is 368 g/mol. The SMILES string of the molecule is COc1cc(Cc2cnc(N)nc2N)ccc1OCc1cccc2c1CCOC2. The van der Waals surface area contributed by atoms with Crippen LogP contribution in [-0.4, -0.2) is 23.7 Å². The molecule has 0 atom stereocenters.